The number of aliphatic carboxylic acids is 1. The number of nitrogens with one attached hydrogen (secondary N) is 2. The van der Waals surface area contributed by atoms with Crippen molar-refractivity contribution >= 4 is 23.5 Å². The molecule has 0 atom stereocenters. The van der Waals surface area contributed by atoms with E-state index < -0.39 is 28.2 Å². The highest BCUT2D eigenvalue weighted by Gasteiger charge is 2.22. The Morgan fingerprint density at radius 1 is 1.28 bits per heavy atom. The summed E-state index contributed by atoms with van der Waals surface area (Å²) in [6.45, 7) is 4.61. The average molecular weight is 351 g/mol. The zero-order valence-corrected chi connectivity index (χ0v) is 14.3. The molecule has 0 saturated carbocycles. The molecule has 0 aromatic heterocycles. The van der Waals surface area contributed by atoms with Crippen LogP contribution in [-0.4, -0.2) is 39.9 Å². The zero-order valence-electron chi connectivity index (χ0n) is 14.3. The molecule has 0 fully saturated rings. The molecule has 0 unspecified atom stereocenters. The number of carbonyl (C=O) groups is 3. The van der Waals surface area contributed by atoms with Gasteiger partial charge in [0.2, 0.25) is 5.91 Å². The van der Waals surface area contributed by atoms with E-state index in [1.165, 1.54) is 25.1 Å². The van der Waals surface area contributed by atoms with E-state index in [-0.39, 0.29) is 30.6 Å². The molecule has 0 aliphatic carbocycles. The molecule has 9 nitrogen and oxygen atoms in total. The molecule has 0 spiro atoms. The standard InChI is InChI=1S/C16H21N3O6/c1-10-8-11(4-5-12(10)19(24)25)15(23)17-9-13(20)18-16(2,3)7-6-14(21)22/h4-5,8H,6-7,9H2,1-3H3,(H,17,23)(H,18,20)(H,21,22). The van der Waals surface area contributed by atoms with Gasteiger partial charge >= 0.3 is 5.97 Å². The molecule has 0 aliphatic rings. The number of carboxylic acids is 1. The topological polar surface area (TPSA) is 139 Å². The molecule has 9 heteroatoms. The molecule has 1 aromatic carbocycles. The minimum atomic E-state index is -0.954. The fourth-order valence-corrected chi connectivity index (χ4v) is 2.17. The van der Waals surface area contributed by atoms with Crippen molar-refractivity contribution in [1.29, 1.82) is 0 Å². The SMILES string of the molecule is Cc1cc(C(=O)NCC(=O)NC(C)(C)CCC(=O)O)ccc1[N+](=O)[O-]. The van der Waals surface area contributed by atoms with Crippen LogP contribution < -0.4 is 10.6 Å². The maximum Gasteiger partial charge on any atom is 0.303 e. The third-order valence-electron chi connectivity index (χ3n) is 3.51. The monoisotopic (exact) mass is 351 g/mol. The first-order chi connectivity index (χ1) is 11.5. The molecular weight excluding hydrogens is 330 g/mol. The molecular formula is C16H21N3O6. The van der Waals surface area contributed by atoms with Gasteiger partial charge in [-0.2, -0.15) is 0 Å². The van der Waals surface area contributed by atoms with E-state index in [1.807, 2.05) is 0 Å². The molecule has 0 heterocycles. The number of hydrogen-bond donors (Lipinski definition) is 3. The smallest absolute Gasteiger partial charge is 0.303 e. The van der Waals surface area contributed by atoms with Crippen LogP contribution in [0.5, 0.6) is 0 Å². The third-order valence-corrected chi connectivity index (χ3v) is 3.51. The van der Waals surface area contributed by atoms with Crippen molar-refractivity contribution in [3.05, 3.63) is 39.4 Å². The number of nitro benzene ring substituents is 1. The molecule has 1 aromatic rings. The van der Waals surface area contributed by atoms with Crippen LogP contribution in [0.2, 0.25) is 0 Å². The molecule has 2 amide bonds. The van der Waals surface area contributed by atoms with Crippen molar-refractivity contribution in [3.63, 3.8) is 0 Å². The van der Waals surface area contributed by atoms with Crippen molar-refractivity contribution in [2.45, 2.75) is 39.2 Å². The number of carboxylic acid groups (broad SMARTS) is 1. The summed E-state index contributed by atoms with van der Waals surface area (Å²) in [5.74, 6) is -1.94. The van der Waals surface area contributed by atoms with Crippen LogP contribution >= 0.6 is 0 Å². The Morgan fingerprint density at radius 2 is 1.92 bits per heavy atom. The van der Waals surface area contributed by atoms with E-state index in [2.05, 4.69) is 10.6 Å². The predicted octanol–water partition coefficient (Wildman–Crippen LogP) is 1.39. The summed E-state index contributed by atoms with van der Waals surface area (Å²) in [7, 11) is 0. The van der Waals surface area contributed by atoms with E-state index in [0.29, 0.717) is 5.56 Å². The first-order valence-electron chi connectivity index (χ1n) is 7.58. The summed E-state index contributed by atoms with van der Waals surface area (Å²) in [6, 6.07) is 3.93. The Hall–Kier alpha value is -2.97. The lowest BCUT2D eigenvalue weighted by Crippen LogP contribution is -2.47. The van der Waals surface area contributed by atoms with Crippen molar-refractivity contribution in [2.24, 2.45) is 0 Å². The lowest BCUT2D eigenvalue weighted by atomic mass is 9.98. The Morgan fingerprint density at radius 3 is 2.44 bits per heavy atom. The molecule has 1 rings (SSSR count). The fraction of sp³-hybridized carbons (Fsp3) is 0.438. The predicted molar refractivity (Wildman–Crippen MR) is 89.3 cm³/mol. The molecule has 136 valence electrons. The van der Waals surface area contributed by atoms with Gasteiger partial charge in [-0.05, 0) is 39.3 Å². The number of hydrogen-bond acceptors (Lipinski definition) is 5. The maximum absolute atomic E-state index is 12.0. The highest BCUT2D eigenvalue weighted by Crippen LogP contribution is 2.18. The largest absolute Gasteiger partial charge is 0.481 e. The highest BCUT2D eigenvalue weighted by atomic mass is 16.6. The first kappa shape index (κ1) is 20.1. The number of rotatable bonds is 8. The summed E-state index contributed by atoms with van der Waals surface area (Å²) >= 11 is 0. The van der Waals surface area contributed by atoms with Crippen LogP contribution in [0, 0.1) is 17.0 Å². The van der Waals surface area contributed by atoms with Gasteiger partial charge in [-0.15, -0.1) is 0 Å². The minimum absolute atomic E-state index is 0.0816. The van der Waals surface area contributed by atoms with E-state index in [1.54, 1.807) is 13.8 Å². The Labute approximate surface area is 144 Å². The van der Waals surface area contributed by atoms with Crippen LogP contribution in [0.3, 0.4) is 0 Å². The van der Waals surface area contributed by atoms with Gasteiger partial charge < -0.3 is 15.7 Å². The molecule has 3 N–H and O–H groups in total. The van der Waals surface area contributed by atoms with Crippen LogP contribution in [0.4, 0.5) is 5.69 Å². The fourth-order valence-electron chi connectivity index (χ4n) is 2.17. The number of nitrogens with zero attached hydrogens (tertiary/aromatic N) is 1. The van der Waals surface area contributed by atoms with Crippen LogP contribution in [0.25, 0.3) is 0 Å². The van der Waals surface area contributed by atoms with Crippen molar-refractivity contribution in [1.82, 2.24) is 10.6 Å². The lowest BCUT2D eigenvalue weighted by Gasteiger charge is -2.25. The quantitative estimate of drug-likeness (QED) is 0.478. The summed E-state index contributed by atoms with van der Waals surface area (Å²) in [5, 5.41) is 24.5. The number of benzene rings is 1. The number of aryl methyl sites for hydroxylation is 1. The molecule has 0 radical (unpaired) electrons. The van der Waals surface area contributed by atoms with E-state index in [9.17, 15) is 24.5 Å². The number of nitro groups is 1. The summed E-state index contributed by atoms with van der Waals surface area (Å²) in [6.07, 6.45) is 0.172. The van der Waals surface area contributed by atoms with Crippen molar-refractivity contribution in [3.8, 4) is 0 Å². The second kappa shape index (κ2) is 8.22. The third kappa shape index (κ3) is 6.58. The lowest BCUT2D eigenvalue weighted by molar-refractivity contribution is -0.385. The summed E-state index contributed by atoms with van der Waals surface area (Å²) in [4.78, 5) is 44.7. The van der Waals surface area contributed by atoms with Gasteiger partial charge in [0, 0.05) is 29.2 Å². The van der Waals surface area contributed by atoms with Crippen LogP contribution in [0.1, 0.15) is 42.6 Å². The summed E-state index contributed by atoms with van der Waals surface area (Å²) < 4.78 is 0. The van der Waals surface area contributed by atoms with E-state index in [0.717, 1.165) is 0 Å². The zero-order chi connectivity index (χ0) is 19.2. The van der Waals surface area contributed by atoms with Gasteiger partial charge in [-0.3, -0.25) is 24.5 Å². The van der Waals surface area contributed by atoms with Crippen molar-refractivity contribution < 1.29 is 24.4 Å². The normalized spacial score (nSPS) is 10.8. The van der Waals surface area contributed by atoms with Gasteiger partial charge in [0.1, 0.15) is 0 Å². The highest BCUT2D eigenvalue weighted by molar-refractivity contribution is 5.96. The molecule has 0 saturated heterocycles. The second-order valence-electron chi connectivity index (χ2n) is 6.27. The van der Waals surface area contributed by atoms with Gasteiger partial charge in [0.05, 0.1) is 11.5 Å². The Bertz CT molecular complexity index is 699. The average Bonchev–Trinajstić information content (AvgIpc) is 2.49. The molecule has 25 heavy (non-hydrogen) atoms. The molecule has 0 aliphatic heterocycles. The Balaban J connectivity index is 2.58. The number of carbonyl (C=O) groups excluding carboxylic acids is 2. The summed E-state index contributed by atoms with van der Waals surface area (Å²) in [5.41, 5.74) is -0.253. The van der Waals surface area contributed by atoms with Gasteiger partial charge in [0.15, 0.2) is 0 Å². The minimum Gasteiger partial charge on any atom is -0.481 e. The molecule has 0 bridgehead atoms. The van der Waals surface area contributed by atoms with E-state index >= 15 is 0 Å². The van der Waals surface area contributed by atoms with Crippen molar-refractivity contribution in [2.75, 3.05) is 6.54 Å². The van der Waals surface area contributed by atoms with Gasteiger partial charge in [0.25, 0.3) is 11.6 Å². The number of amides is 2. The van der Waals surface area contributed by atoms with Gasteiger partial charge in [-0.1, -0.05) is 0 Å². The maximum atomic E-state index is 12.0. The van der Waals surface area contributed by atoms with E-state index in [4.69, 9.17) is 5.11 Å². The van der Waals surface area contributed by atoms with Crippen LogP contribution in [-0.2, 0) is 9.59 Å². The second-order valence-corrected chi connectivity index (χ2v) is 6.27. The van der Waals surface area contributed by atoms with Gasteiger partial charge in [-0.25, -0.2) is 0 Å². The Kier molecular flexibility index (Phi) is 6.60. The first-order valence-corrected chi connectivity index (χ1v) is 7.58. The van der Waals surface area contributed by atoms with Crippen LogP contribution in [0.15, 0.2) is 18.2 Å².